The number of nitrogens with zero attached hydrogens (tertiary/aromatic N) is 1. The van der Waals surface area contributed by atoms with Gasteiger partial charge in [0.25, 0.3) is 5.91 Å². The number of nitrogens with one attached hydrogen (secondary N) is 2. The number of Topliss-reactive ketones (excluding diaryl/α,β-unsaturated/α-hetero) is 1. The molecule has 0 aliphatic carbocycles. The van der Waals surface area contributed by atoms with E-state index in [2.05, 4.69) is 70.9 Å². The molecule has 0 saturated carbocycles. The normalized spacial score (nSPS) is 19.7. The number of benzene rings is 2. The van der Waals surface area contributed by atoms with Crippen LogP contribution in [0.15, 0.2) is 72.4 Å². The van der Waals surface area contributed by atoms with E-state index in [1.54, 1.807) is 6.20 Å². The molecule has 4 rings (SSSR count). The smallest absolute Gasteiger partial charge is 0.256 e. The average molecular weight is 362 g/mol. The van der Waals surface area contributed by atoms with Crippen molar-refractivity contribution in [3.05, 3.63) is 83.6 Å². The highest BCUT2D eigenvalue weighted by Gasteiger charge is 2.31. The van der Waals surface area contributed by atoms with Crippen LogP contribution >= 0.6 is 0 Å². The fraction of sp³-hybridized carbons (Fsp3) is 0.273. The Labute approximate surface area is 159 Å². The summed E-state index contributed by atoms with van der Waals surface area (Å²) in [6.45, 7) is 3.69. The quantitative estimate of drug-likeness (QED) is 0.617. The molecule has 0 atom stereocenters. The molecular formula is C22H24N3O2+. The van der Waals surface area contributed by atoms with Crippen molar-refractivity contribution in [2.24, 2.45) is 0 Å². The topological polar surface area (TPSA) is 53.9 Å². The van der Waals surface area contributed by atoms with Crippen molar-refractivity contribution in [3.63, 3.8) is 0 Å². The summed E-state index contributed by atoms with van der Waals surface area (Å²) in [7, 11) is 0. The molecule has 2 N–H and O–H groups in total. The number of amides is 1. The minimum absolute atomic E-state index is 0.110. The first-order valence-corrected chi connectivity index (χ1v) is 9.44. The highest BCUT2D eigenvalue weighted by Crippen LogP contribution is 2.19. The Hall–Kier alpha value is -2.92. The molecular weight excluding hydrogens is 338 g/mol. The van der Waals surface area contributed by atoms with Crippen LogP contribution in [0.1, 0.15) is 17.2 Å². The van der Waals surface area contributed by atoms with E-state index >= 15 is 0 Å². The number of rotatable bonds is 4. The Balaban J connectivity index is 1.52. The maximum Gasteiger partial charge on any atom is 0.256 e. The fourth-order valence-corrected chi connectivity index (χ4v) is 3.97. The molecule has 0 unspecified atom stereocenters. The van der Waals surface area contributed by atoms with Crippen LogP contribution in [0, 0.1) is 0 Å². The molecule has 2 aromatic rings. The van der Waals surface area contributed by atoms with Crippen LogP contribution in [0.4, 0.5) is 0 Å². The monoisotopic (exact) mass is 362 g/mol. The largest absolute Gasteiger partial charge is 0.365 e. The Morgan fingerprint density at radius 2 is 1.44 bits per heavy atom. The predicted molar refractivity (Wildman–Crippen MR) is 103 cm³/mol. The molecule has 2 fully saturated rings. The first-order chi connectivity index (χ1) is 13.2. The zero-order valence-electron chi connectivity index (χ0n) is 15.2. The van der Waals surface area contributed by atoms with Gasteiger partial charge < -0.3 is 15.1 Å². The number of hydrogen-bond donors (Lipinski definition) is 2. The van der Waals surface area contributed by atoms with Gasteiger partial charge in [-0.25, -0.2) is 0 Å². The van der Waals surface area contributed by atoms with Crippen LogP contribution in [-0.4, -0.2) is 49.3 Å². The van der Waals surface area contributed by atoms with Crippen molar-refractivity contribution in [3.8, 4) is 0 Å². The number of carbonyl (C=O) groups excluding carboxylic acids is 2. The molecule has 2 saturated heterocycles. The van der Waals surface area contributed by atoms with Gasteiger partial charge >= 0.3 is 0 Å². The minimum Gasteiger partial charge on any atom is -0.365 e. The highest BCUT2D eigenvalue weighted by molar-refractivity contribution is 6.24. The molecule has 2 heterocycles. The fourth-order valence-electron chi connectivity index (χ4n) is 3.97. The zero-order chi connectivity index (χ0) is 18.6. The highest BCUT2D eigenvalue weighted by atomic mass is 16.2. The number of carbonyl (C=O) groups is 2. The maximum atomic E-state index is 11.8. The Morgan fingerprint density at radius 1 is 0.889 bits per heavy atom. The molecule has 5 heteroatoms. The van der Waals surface area contributed by atoms with Crippen molar-refractivity contribution in [1.82, 2.24) is 10.2 Å². The summed E-state index contributed by atoms with van der Waals surface area (Å²) in [4.78, 5) is 27.2. The van der Waals surface area contributed by atoms with Gasteiger partial charge in [-0.3, -0.25) is 9.59 Å². The average Bonchev–Trinajstić information content (AvgIpc) is 3.03. The first-order valence-electron chi connectivity index (χ1n) is 9.44. The van der Waals surface area contributed by atoms with E-state index < -0.39 is 0 Å². The summed E-state index contributed by atoms with van der Waals surface area (Å²) in [6, 6.07) is 21.5. The predicted octanol–water partition coefficient (Wildman–Crippen LogP) is 0.559. The lowest BCUT2D eigenvalue weighted by atomic mass is 9.96. The Kier molecular flexibility index (Phi) is 5.03. The summed E-state index contributed by atoms with van der Waals surface area (Å²) >= 11 is 0. The molecule has 27 heavy (non-hydrogen) atoms. The van der Waals surface area contributed by atoms with E-state index in [0.717, 1.165) is 26.2 Å². The minimum atomic E-state index is -0.249. The van der Waals surface area contributed by atoms with E-state index in [9.17, 15) is 9.59 Å². The maximum absolute atomic E-state index is 11.8. The van der Waals surface area contributed by atoms with Gasteiger partial charge in [-0.2, -0.15) is 0 Å². The molecule has 2 aliphatic heterocycles. The molecule has 2 aromatic carbocycles. The van der Waals surface area contributed by atoms with E-state index in [1.807, 2.05) is 0 Å². The standard InChI is InChI=1S/C22H23N3O2/c26-20-15-23-22(27)19(20)16-24-11-13-25(14-12-24)21(17-7-3-1-4-8-17)18-9-5-2-6-10-18/h1-10,16,21H,11-15H2,(H,23,27)/p+1/b19-16-. The lowest BCUT2D eigenvalue weighted by molar-refractivity contribution is -0.929. The summed E-state index contributed by atoms with van der Waals surface area (Å²) in [5.41, 5.74) is 2.92. The van der Waals surface area contributed by atoms with Gasteiger partial charge in [0.1, 0.15) is 11.6 Å². The van der Waals surface area contributed by atoms with Gasteiger partial charge in [0.05, 0.1) is 32.7 Å². The van der Waals surface area contributed by atoms with Crippen molar-refractivity contribution in [1.29, 1.82) is 0 Å². The third kappa shape index (κ3) is 3.78. The van der Waals surface area contributed by atoms with E-state index in [-0.39, 0.29) is 18.2 Å². The molecule has 2 aliphatic rings. The molecule has 1 amide bonds. The van der Waals surface area contributed by atoms with Gasteiger partial charge in [-0.05, 0) is 0 Å². The second-order valence-electron chi connectivity index (χ2n) is 7.10. The van der Waals surface area contributed by atoms with Crippen LogP contribution in [0.25, 0.3) is 0 Å². The Morgan fingerprint density at radius 3 is 1.93 bits per heavy atom. The number of ketones is 1. The second kappa shape index (κ2) is 7.76. The van der Waals surface area contributed by atoms with Crippen molar-refractivity contribution in [2.45, 2.75) is 6.04 Å². The first kappa shape index (κ1) is 17.5. The van der Waals surface area contributed by atoms with Gasteiger partial charge in [0.2, 0.25) is 0 Å². The second-order valence-corrected chi connectivity index (χ2v) is 7.10. The lowest BCUT2D eigenvalue weighted by Crippen LogP contribution is -3.15. The van der Waals surface area contributed by atoms with E-state index in [4.69, 9.17) is 0 Å². The molecule has 5 nitrogen and oxygen atoms in total. The number of hydrogen-bond acceptors (Lipinski definition) is 3. The van der Waals surface area contributed by atoms with Gasteiger partial charge in [-0.15, -0.1) is 0 Å². The molecule has 138 valence electrons. The SMILES string of the molecule is O=C1CNC(=O)/C1=C\N1CC[NH+](C(c2ccccc2)c2ccccc2)CC1. The van der Waals surface area contributed by atoms with E-state index in [1.165, 1.54) is 16.0 Å². The van der Waals surface area contributed by atoms with Crippen LogP contribution in [-0.2, 0) is 9.59 Å². The summed E-state index contributed by atoms with van der Waals surface area (Å²) in [6.07, 6.45) is 1.75. The van der Waals surface area contributed by atoms with Gasteiger partial charge in [-0.1, -0.05) is 60.7 Å². The molecule has 0 aromatic heterocycles. The van der Waals surface area contributed by atoms with Crippen LogP contribution in [0.3, 0.4) is 0 Å². The van der Waals surface area contributed by atoms with Crippen LogP contribution < -0.4 is 10.2 Å². The lowest BCUT2D eigenvalue weighted by Gasteiger charge is -2.36. The third-order valence-corrected chi connectivity index (χ3v) is 5.38. The number of piperazine rings is 1. The van der Waals surface area contributed by atoms with Crippen LogP contribution in [0.5, 0.6) is 0 Å². The van der Waals surface area contributed by atoms with Crippen LogP contribution in [0.2, 0.25) is 0 Å². The summed E-state index contributed by atoms with van der Waals surface area (Å²) < 4.78 is 0. The van der Waals surface area contributed by atoms with Crippen molar-refractivity contribution < 1.29 is 14.5 Å². The zero-order valence-corrected chi connectivity index (χ0v) is 15.2. The molecule has 0 radical (unpaired) electrons. The van der Waals surface area contributed by atoms with Crippen molar-refractivity contribution in [2.75, 3.05) is 32.7 Å². The third-order valence-electron chi connectivity index (χ3n) is 5.38. The van der Waals surface area contributed by atoms with Gasteiger partial charge in [0.15, 0.2) is 5.78 Å². The summed E-state index contributed by atoms with van der Waals surface area (Å²) in [5.74, 6) is -0.359. The van der Waals surface area contributed by atoms with E-state index in [0.29, 0.717) is 11.6 Å². The molecule has 0 spiro atoms. The van der Waals surface area contributed by atoms with Crippen molar-refractivity contribution >= 4 is 11.7 Å². The summed E-state index contributed by atoms with van der Waals surface area (Å²) in [5, 5.41) is 2.59. The van der Waals surface area contributed by atoms with Gasteiger partial charge in [0, 0.05) is 17.3 Å². The number of quaternary nitrogens is 1. The molecule has 0 bridgehead atoms. The Bertz CT molecular complexity index is 783.